The van der Waals surface area contributed by atoms with Crippen LogP contribution in [0.1, 0.15) is 56.8 Å². The maximum atomic E-state index is 13.4. The fourth-order valence-electron chi connectivity index (χ4n) is 5.20. The van der Waals surface area contributed by atoms with E-state index in [-0.39, 0.29) is 21.8 Å². The highest BCUT2D eigenvalue weighted by Gasteiger charge is 2.30. The second-order valence-electron chi connectivity index (χ2n) is 9.46. The van der Waals surface area contributed by atoms with Crippen LogP contribution in [0.25, 0.3) is 10.9 Å². The molecular weight excluding hydrogens is 426 g/mol. The SMILES string of the molecule is CCn1cc(C(=O)N2C[C@@H](C)C[C@H](C)C2)c(=O)c2cc(S(=O)(=O)N3CCCCC3)ccc21. The van der Waals surface area contributed by atoms with Crippen molar-refractivity contribution in [1.29, 1.82) is 0 Å². The fraction of sp³-hybridized carbons (Fsp3) is 0.583. The molecule has 0 N–H and O–H groups in total. The fourth-order valence-corrected chi connectivity index (χ4v) is 6.75. The lowest BCUT2D eigenvalue weighted by atomic mass is 9.91. The van der Waals surface area contributed by atoms with E-state index in [9.17, 15) is 18.0 Å². The Hall–Kier alpha value is -2.19. The van der Waals surface area contributed by atoms with Crippen LogP contribution in [0.5, 0.6) is 0 Å². The van der Waals surface area contributed by atoms with Gasteiger partial charge >= 0.3 is 0 Å². The number of fused-ring (bicyclic) bond motifs is 1. The quantitative estimate of drug-likeness (QED) is 0.703. The number of pyridine rings is 1. The minimum Gasteiger partial charge on any atom is -0.347 e. The Morgan fingerprint density at radius 2 is 1.72 bits per heavy atom. The molecule has 1 amide bonds. The summed E-state index contributed by atoms with van der Waals surface area (Å²) in [5.74, 6) is 0.512. The summed E-state index contributed by atoms with van der Waals surface area (Å²) in [7, 11) is -3.67. The van der Waals surface area contributed by atoms with Crippen molar-refractivity contribution in [3.63, 3.8) is 0 Å². The summed E-state index contributed by atoms with van der Waals surface area (Å²) in [6, 6.07) is 4.73. The Morgan fingerprint density at radius 1 is 1.06 bits per heavy atom. The van der Waals surface area contributed by atoms with Crippen molar-refractivity contribution < 1.29 is 13.2 Å². The second kappa shape index (κ2) is 8.98. The number of hydrogen-bond donors (Lipinski definition) is 0. The van der Waals surface area contributed by atoms with Gasteiger partial charge in [0.1, 0.15) is 5.56 Å². The number of sulfonamides is 1. The van der Waals surface area contributed by atoms with Crippen LogP contribution < -0.4 is 5.43 Å². The van der Waals surface area contributed by atoms with E-state index < -0.39 is 15.5 Å². The van der Waals surface area contributed by atoms with Crippen LogP contribution in [-0.4, -0.2) is 54.3 Å². The number of rotatable bonds is 4. The third-order valence-electron chi connectivity index (χ3n) is 6.73. The number of nitrogens with zero attached hydrogens (tertiary/aromatic N) is 3. The first-order valence-corrected chi connectivity index (χ1v) is 13.1. The first kappa shape index (κ1) is 23.0. The van der Waals surface area contributed by atoms with E-state index in [2.05, 4.69) is 13.8 Å². The minimum atomic E-state index is -3.67. The van der Waals surface area contributed by atoms with E-state index in [0.717, 1.165) is 25.7 Å². The number of amides is 1. The van der Waals surface area contributed by atoms with Gasteiger partial charge in [0.15, 0.2) is 0 Å². The third kappa shape index (κ3) is 4.22. The van der Waals surface area contributed by atoms with Crippen LogP contribution >= 0.6 is 0 Å². The van der Waals surface area contributed by atoms with Crippen molar-refractivity contribution in [3.05, 3.63) is 40.2 Å². The van der Waals surface area contributed by atoms with Gasteiger partial charge in [-0.05, 0) is 56.2 Å². The highest BCUT2D eigenvalue weighted by atomic mass is 32.2. The second-order valence-corrected chi connectivity index (χ2v) is 11.4. The number of aromatic nitrogens is 1. The van der Waals surface area contributed by atoms with Gasteiger partial charge in [-0.1, -0.05) is 20.3 Å². The number of benzene rings is 1. The van der Waals surface area contributed by atoms with Crippen molar-refractivity contribution in [2.45, 2.75) is 57.9 Å². The van der Waals surface area contributed by atoms with Gasteiger partial charge in [-0.3, -0.25) is 9.59 Å². The Labute approximate surface area is 190 Å². The Bertz CT molecular complexity index is 1170. The van der Waals surface area contributed by atoms with E-state index in [4.69, 9.17) is 0 Å². The van der Waals surface area contributed by atoms with E-state index in [1.807, 2.05) is 11.5 Å². The molecule has 2 aromatic rings. The van der Waals surface area contributed by atoms with Gasteiger partial charge < -0.3 is 9.47 Å². The molecule has 0 unspecified atom stereocenters. The summed E-state index contributed by atoms with van der Waals surface area (Å²) in [4.78, 5) is 28.7. The zero-order valence-electron chi connectivity index (χ0n) is 19.2. The molecule has 2 aliphatic rings. The predicted octanol–water partition coefficient (Wildman–Crippen LogP) is 3.31. The Morgan fingerprint density at radius 3 is 2.34 bits per heavy atom. The summed E-state index contributed by atoms with van der Waals surface area (Å²) < 4.78 is 29.7. The average molecular weight is 460 g/mol. The summed E-state index contributed by atoms with van der Waals surface area (Å²) in [5.41, 5.74) is 0.372. The summed E-state index contributed by atoms with van der Waals surface area (Å²) in [6.45, 7) is 9.04. The van der Waals surface area contributed by atoms with Gasteiger partial charge in [-0.15, -0.1) is 0 Å². The largest absolute Gasteiger partial charge is 0.347 e. The molecule has 0 bridgehead atoms. The lowest BCUT2D eigenvalue weighted by Gasteiger charge is -2.35. The van der Waals surface area contributed by atoms with Crippen molar-refractivity contribution in [2.75, 3.05) is 26.2 Å². The highest BCUT2D eigenvalue weighted by molar-refractivity contribution is 7.89. The Balaban J connectivity index is 1.79. The van der Waals surface area contributed by atoms with Crippen LogP contribution in [0, 0.1) is 11.8 Å². The number of carbonyl (C=O) groups excluding carboxylic acids is 1. The molecule has 1 aromatic carbocycles. The molecule has 0 saturated carbocycles. The van der Waals surface area contributed by atoms with Gasteiger partial charge in [0.05, 0.1) is 10.4 Å². The maximum Gasteiger partial charge on any atom is 0.259 e. The van der Waals surface area contributed by atoms with Crippen molar-refractivity contribution >= 4 is 26.8 Å². The van der Waals surface area contributed by atoms with Gasteiger partial charge in [0, 0.05) is 44.3 Å². The third-order valence-corrected chi connectivity index (χ3v) is 8.63. The van der Waals surface area contributed by atoms with E-state index in [1.54, 1.807) is 23.2 Å². The van der Waals surface area contributed by atoms with Gasteiger partial charge in [0.2, 0.25) is 15.5 Å². The summed E-state index contributed by atoms with van der Waals surface area (Å²) in [6.07, 6.45) is 5.43. The molecule has 0 radical (unpaired) electrons. The van der Waals surface area contributed by atoms with Crippen LogP contribution in [-0.2, 0) is 16.6 Å². The summed E-state index contributed by atoms with van der Waals surface area (Å²) >= 11 is 0. The van der Waals surface area contributed by atoms with Crippen LogP contribution in [0.15, 0.2) is 34.1 Å². The number of carbonyl (C=O) groups is 1. The lowest BCUT2D eigenvalue weighted by molar-refractivity contribution is 0.0621. The number of piperidine rings is 2. The average Bonchev–Trinajstić information content (AvgIpc) is 2.78. The normalized spacial score (nSPS) is 22.9. The van der Waals surface area contributed by atoms with Crippen molar-refractivity contribution in [1.82, 2.24) is 13.8 Å². The lowest BCUT2D eigenvalue weighted by Crippen LogP contribution is -2.44. The molecule has 1 aromatic heterocycles. The molecule has 2 fully saturated rings. The van der Waals surface area contributed by atoms with Crippen molar-refractivity contribution in [2.24, 2.45) is 11.8 Å². The first-order chi connectivity index (χ1) is 15.2. The topological polar surface area (TPSA) is 79.7 Å². The van der Waals surface area contributed by atoms with Gasteiger partial charge in [-0.25, -0.2) is 8.42 Å². The zero-order valence-corrected chi connectivity index (χ0v) is 20.0. The monoisotopic (exact) mass is 459 g/mol. The number of aryl methyl sites for hydroxylation is 1. The van der Waals surface area contributed by atoms with Crippen LogP contribution in [0.3, 0.4) is 0 Å². The van der Waals surface area contributed by atoms with E-state index in [1.165, 1.54) is 10.4 Å². The molecule has 2 aliphatic heterocycles. The molecular formula is C24H33N3O4S. The summed E-state index contributed by atoms with van der Waals surface area (Å²) in [5, 5.41) is 0.286. The maximum absolute atomic E-state index is 13.4. The molecule has 174 valence electrons. The van der Waals surface area contributed by atoms with Crippen LogP contribution in [0.4, 0.5) is 0 Å². The molecule has 4 rings (SSSR count). The standard InChI is InChI=1S/C24H33N3O4S/c1-4-25-16-21(24(29)26-14-17(2)12-18(3)15-26)23(28)20-13-19(8-9-22(20)25)32(30,31)27-10-6-5-7-11-27/h8-9,13,16-18H,4-7,10-12,14-15H2,1-3H3/t17-,18-/m0/s1. The Kier molecular flexibility index (Phi) is 6.45. The number of hydrogen-bond acceptors (Lipinski definition) is 4. The van der Waals surface area contributed by atoms with Crippen molar-refractivity contribution in [3.8, 4) is 0 Å². The minimum absolute atomic E-state index is 0.119. The smallest absolute Gasteiger partial charge is 0.259 e. The molecule has 8 heteroatoms. The molecule has 2 saturated heterocycles. The van der Waals surface area contributed by atoms with E-state index in [0.29, 0.717) is 50.1 Å². The molecule has 0 spiro atoms. The first-order valence-electron chi connectivity index (χ1n) is 11.7. The number of likely N-dealkylation sites (tertiary alicyclic amines) is 1. The van der Waals surface area contributed by atoms with Crippen LogP contribution in [0.2, 0.25) is 0 Å². The van der Waals surface area contributed by atoms with E-state index >= 15 is 0 Å². The van der Waals surface area contributed by atoms with Gasteiger partial charge in [0.25, 0.3) is 5.91 Å². The predicted molar refractivity (Wildman–Crippen MR) is 125 cm³/mol. The van der Waals surface area contributed by atoms with Gasteiger partial charge in [-0.2, -0.15) is 4.31 Å². The molecule has 7 nitrogen and oxygen atoms in total. The highest BCUT2D eigenvalue weighted by Crippen LogP contribution is 2.25. The zero-order chi connectivity index (χ0) is 23.0. The molecule has 3 heterocycles. The molecule has 0 aliphatic carbocycles. The molecule has 32 heavy (non-hydrogen) atoms. The molecule has 2 atom stereocenters.